The van der Waals surface area contributed by atoms with Crippen LogP contribution < -0.4 is 16.5 Å². The van der Waals surface area contributed by atoms with Crippen LogP contribution >= 0.6 is 0 Å². The maximum Gasteiger partial charge on any atom is 0.273 e. The number of aromatic nitrogens is 1. The molecule has 0 aliphatic rings. The van der Waals surface area contributed by atoms with Crippen molar-refractivity contribution >= 4 is 40.5 Å². The van der Waals surface area contributed by atoms with Crippen molar-refractivity contribution < 1.29 is 18.8 Å². The smallest absolute Gasteiger partial charge is 0.273 e. The first kappa shape index (κ1) is 22.4. The Morgan fingerprint density at radius 2 is 1.59 bits per heavy atom. The third kappa shape index (κ3) is 4.83. The van der Waals surface area contributed by atoms with E-state index in [1.165, 1.54) is 36.5 Å². The second kappa shape index (κ2) is 9.78. The Kier molecular flexibility index (Phi) is 6.45. The van der Waals surface area contributed by atoms with E-state index in [1.807, 2.05) is 24.3 Å². The second-order valence-corrected chi connectivity index (χ2v) is 7.37. The highest BCUT2D eigenvalue weighted by atomic mass is 19.1. The molecular formula is C25H20FN5O3. The summed E-state index contributed by atoms with van der Waals surface area (Å²) in [6, 6.07) is 19.3. The maximum absolute atomic E-state index is 13.9. The van der Waals surface area contributed by atoms with E-state index < -0.39 is 23.5 Å². The molecule has 4 aromatic rings. The van der Waals surface area contributed by atoms with E-state index in [1.54, 1.807) is 29.0 Å². The van der Waals surface area contributed by atoms with Crippen LogP contribution in [0.25, 0.3) is 10.9 Å². The number of benzene rings is 3. The van der Waals surface area contributed by atoms with Crippen LogP contribution in [0, 0.1) is 5.82 Å². The first-order valence-corrected chi connectivity index (χ1v) is 10.3. The number of nitrogens with two attached hydrogens (primary N) is 1. The van der Waals surface area contributed by atoms with E-state index in [-0.39, 0.29) is 23.4 Å². The van der Waals surface area contributed by atoms with Crippen molar-refractivity contribution in [1.82, 2.24) is 9.99 Å². The van der Waals surface area contributed by atoms with Gasteiger partial charge >= 0.3 is 0 Å². The predicted octanol–water partition coefficient (Wildman–Crippen LogP) is 3.28. The quantitative estimate of drug-likeness (QED) is 0.292. The summed E-state index contributed by atoms with van der Waals surface area (Å²) in [6.45, 7) is 0.00972. The Hall–Kier alpha value is -4.79. The molecule has 3 amide bonds. The highest BCUT2D eigenvalue weighted by Crippen LogP contribution is 2.20. The zero-order valence-electron chi connectivity index (χ0n) is 17.9. The first-order valence-electron chi connectivity index (χ1n) is 10.3. The lowest BCUT2D eigenvalue weighted by Crippen LogP contribution is -2.21. The Morgan fingerprint density at radius 3 is 2.35 bits per heavy atom. The van der Waals surface area contributed by atoms with Crippen molar-refractivity contribution in [3.63, 3.8) is 0 Å². The van der Waals surface area contributed by atoms with Gasteiger partial charge in [0.1, 0.15) is 12.4 Å². The van der Waals surface area contributed by atoms with E-state index in [9.17, 15) is 18.8 Å². The van der Waals surface area contributed by atoms with E-state index >= 15 is 0 Å². The lowest BCUT2D eigenvalue weighted by Gasteiger charge is -2.10. The number of nitrogens with one attached hydrogen (secondary N) is 2. The van der Waals surface area contributed by atoms with Gasteiger partial charge in [-0.25, -0.2) is 9.82 Å². The fourth-order valence-corrected chi connectivity index (χ4v) is 3.52. The van der Waals surface area contributed by atoms with Crippen LogP contribution in [0.1, 0.15) is 26.3 Å². The number of para-hydroxylation sites is 2. The molecule has 4 N–H and O–H groups in total. The Labute approximate surface area is 193 Å². The van der Waals surface area contributed by atoms with Gasteiger partial charge in [0.25, 0.3) is 11.8 Å². The molecule has 0 aliphatic heterocycles. The van der Waals surface area contributed by atoms with Gasteiger partial charge in [-0.2, -0.15) is 5.10 Å². The van der Waals surface area contributed by atoms with Gasteiger partial charge in [0, 0.05) is 22.7 Å². The summed E-state index contributed by atoms with van der Waals surface area (Å²) in [6.07, 6.45) is 3.17. The molecule has 34 heavy (non-hydrogen) atoms. The number of rotatable bonds is 7. The van der Waals surface area contributed by atoms with Gasteiger partial charge in [-0.15, -0.1) is 0 Å². The summed E-state index contributed by atoms with van der Waals surface area (Å²) >= 11 is 0. The molecule has 4 rings (SSSR count). The minimum atomic E-state index is -0.677. The van der Waals surface area contributed by atoms with Gasteiger partial charge in [-0.3, -0.25) is 14.4 Å². The number of carbonyl (C=O) groups excluding carboxylic acids is 3. The maximum atomic E-state index is 13.9. The number of hydrazone groups is 1. The summed E-state index contributed by atoms with van der Waals surface area (Å²) in [5.41, 5.74) is 9.46. The highest BCUT2D eigenvalue weighted by molar-refractivity contribution is 6.09. The van der Waals surface area contributed by atoms with Gasteiger partial charge in [0.15, 0.2) is 0 Å². The van der Waals surface area contributed by atoms with Crippen LogP contribution in [0.4, 0.5) is 10.1 Å². The number of anilines is 1. The summed E-state index contributed by atoms with van der Waals surface area (Å²) < 4.78 is 15.6. The van der Waals surface area contributed by atoms with Crippen molar-refractivity contribution in [3.8, 4) is 0 Å². The predicted molar refractivity (Wildman–Crippen MR) is 127 cm³/mol. The van der Waals surface area contributed by atoms with Crippen LogP contribution in [0.2, 0.25) is 0 Å². The zero-order valence-corrected chi connectivity index (χ0v) is 17.9. The van der Waals surface area contributed by atoms with Gasteiger partial charge in [-0.1, -0.05) is 42.5 Å². The molecule has 1 heterocycles. The molecule has 170 valence electrons. The van der Waals surface area contributed by atoms with Crippen molar-refractivity contribution in [2.75, 3.05) is 5.32 Å². The summed E-state index contributed by atoms with van der Waals surface area (Å²) in [5.74, 6) is -2.39. The lowest BCUT2D eigenvalue weighted by atomic mass is 10.1. The van der Waals surface area contributed by atoms with Gasteiger partial charge < -0.3 is 15.6 Å². The van der Waals surface area contributed by atoms with Crippen LogP contribution in [-0.2, 0) is 11.3 Å². The number of hydrogen-bond acceptors (Lipinski definition) is 4. The molecule has 0 spiro atoms. The molecule has 0 atom stereocenters. The summed E-state index contributed by atoms with van der Waals surface area (Å²) in [4.78, 5) is 36.6. The number of hydrogen-bond donors (Lipinski definition) is 3. The molecule has 0 fully saturated rings. The Bertz CT molecular complexity index is 1430. The Balaban J connectivity index is 1.52. The number of halogens is 1. The normalized spacial score (nSPS) is 11.0. The number of primary amides is 1. The van der Waals surface area contributed by atoms with Gasteiger partial charge in [0.2, 0.25) is 5.91 Å². The van der Waals surface area contributed by atoms with Crippen molar-refractivity contribution in [2.45, 2.75) is 6.54 Å². The summed E-state index contributed by atoms with van der Waals surface area (Å²) in [5, 5.41) is 7.42. The minimum absolute atomic E-state index is 0.00972. The second-order valence-electron chi connectivity index (χ2n) is 7.37. The van der Waals surface area contributed by atoms with Gasteiger partial charge in [0.05, 0.1) is 23.0 Å². The minimum Gasteiger partial charge on any atom is -0.368 e. The monoisotopic (exact) mass is 457 g/mol. The average molecular weight is 457 g/mol. The molecule has 0 unspecified atom stereocenters. The first-order chi connectivity index (χ1) is 16.4. The van der Waals surface area contributed by atoms with E-state index in [0.717, 1.165) is 10.9 Å². The standard InChI is InChI=1S/C25H20FN5O3/c26-20-10-4-1-8-18(20)24(33)29-21-11-5-2-9-19(21)25(34)30-28-13-16-14-31(15-23(27)32)22-12-6-3-7-17(16)22/h1-14H,15H2,(H2,27,32)(H,29,33)(H,30,34). The fourth-order valence-electron chi connectivity index (χ4n) is 3.52. The molecule has 9 heteroatoms. The van der Waals surface area contributed by atoms with Crippen LogP contribution in [0.3, 0.4) is 0 Å². The largest absolute Gasteiger partial charge is 0.368 e. The van der Waals surface area contributed by atoms with Crippen LogP contribution in [0.15, 0.2) is 84.1 Å². The Morgan fingerprint density at radius 1 is 0.912 bits per heavy atom. The van der Waals surface area contributed by atoms with Crippen molar-refractivity contribution in [2.24, 2.45) is 10.8 Å². The van der Waals surface area contributed by atoms with Crippen molar-refractivity contribution in [1.29, 1.82) is 0 Å². The van der Waals surface area contributed by atoms with Crippen LogP contribution in [0.5, 0.6) is 0 Å². The van der Waals surface area contributed by atoms with E-state index in [2.05, 4.69) is 15.8 Å². The fraction of sp³-hybridized carbons (Fsp3) is 0.0400. The van der Waals surface area contributed by atoms with Crippen LogP contribution in [-0.4, -0.2) is 28.5 Å². The highest BCUT2D eigenvalue weighted by Gasteiger charge is 2.16. The molecule has 8 nitrogen and oxygen atoms in total. The molecule has 0 saturated carbocycles. The van der Waals surface area contributed by atoms with Crippen molar-refractivity contribution in [3.05, 3.63) is 102 Å². The molecule has 0 bridgehead atoms. The molecule has 1 aromatic heterocycles. The molecule has 3 aromatic carbocycles. The van der Waals surface area contributed by atoms with E-state index in [4.69, 9.17) is 5.73 Å². The number of carbonyl (C=O) groups is 3. The average Bonchev–Trinajstić information content (AvgIpc) is 3.16. The zero-order chi connectivity index (χ0) is 24.1. The third-order valence-corrected chi connectivity index (χ3v) is 5.05. The number of fused-ring (bicyclic) bond motifs is 1. The molecule has 0 radical (unpaired) electrons. The number of amides is 3. The lowest BCUT2D eigenvalue weighted by molar-refractivity contribution is -0.118. The molecule has 0 saturated heterocycles. The topological polar surface area (TPSA) is 119 Å². The number of nitrogens with zero attached hydrogens (tertiary/aromatic N) is 2. The molecular weight excluding hydrogens is 437 g/mol. The van der Waals surface area contributed by atoms with E-state index in [0.29, 0.717) is 5.56 Å². The SMILES string of the molecule is NC(=O)Cn1cc(C=NNC(=O)c2ccccc2NC(=O)c2ccccc2F)c2ccccc21. The summed E-state index contributed by atoms with van der Waals surface area (Å²) in [7, 11) is 0. The third-order valence-electron chi connectivity index (χ3n) is 5.05. The molecule has 0 aliphatic carbocycles. The van der Waals surface area contributed by atoms with Gasteiger partial charge in [-0.05, 0) is 30.3 Å².